The predicted octanol–water partition coefficient (Wildman–Crippen LogP) is 4.75. The summed E-state index contributed by atoms with van der Waals surface area (Å²) in [5, 5.41) is 14.1. The molecule has 3 aromatic rings. The lowest BCUT2D eigenvalue weighted by Gasteiger charge is -2.37. The first kappa shape index (κ1) is 17.0. The van der Waals surface area contributed by atoms with Crippen molar-refractivity contribution in [3.63, 3.8) is 0 Å². The summed E-state index contributed by atoms with van der Waals surface area (Å²) in [5.74, 6) is -1.26. The number of nitrogens with one attached hydrogen (secondary N) is 1. The van der Waals surface area contributed by atoms with Gasteiger partial charge < -0.3 is 9.73 Å². The minimum absolute atomic E-state index is 0.0237. The Hall–Kier alpha value is -3.39. The van der Waals surface area contributed by atoms with Gasteiger partial charge in [-0.1, -0.05) is 23.7 Å². The van der Waals surface area contributed by atoms with E-state index < -0.39 is 28.7 Å². The van der Waals surface area contributed by atoms with E-state index in [-0.39, 0.29) is 16.5 Å². The molecular formula is C18H11ClFN3O4. The summed E-state index contributed by atoms with van der Waals surface area (Å²) < 4.78 is 18.8. The van der Waals surface area contributed by atoms with Crippen LogP contribution in [-0.4, -0.2) is 10.8 Å². The van der Waals surface area contributed by atoms with E-state index in [0.29, 0.717) is 11.3 Å². The largest absolute Gasteiger partial charge is 0.433 e. The highest BCUT2D eigenvalue weighted by atomic mass is 35.5. The van der Waals surface area contributed by atoms with Crippen LogP contribution in [0, 0.1) is 15.9 Å². The molecule has 1 aromatic heterocycles. The molecular weight excluding hydrogens is 377 g/mol. The van der Waals surface area contributed by atoms with Gasteiger partial charge in [0.05, 0.1) is 22.3 Å². The Balaban J connectivity index is 1.87. The molecule has 9 heteroatoms. The monoisotopic (exact) mass is 387 g/mol. The number of nitro groups is 1. The molecule has 136 valence electrons. The first-order valence-corrected chi connectivity index (χ1v) is 8.22. The van der Waals surface area contributed by atoms with E-state index in [0.717, 1.165) is 6.07 Å². The molecule has 0 saturated heterocycles. The number of halogens is 2. The van der Waals surface area contributed by atoms with Crippen LogP contribution in [0.5, 0.6) is 0 Å². The van der Waals surface area contributed by atoms with Gasteiger partial charge >= 0.3 is 5.88 Å². The van der Waals surface area contributed by atoms with Crippen LogP contribution < -0.4 is 10.2 Å². The average molecular weight is 388 g/mol. The lowest BCUT2D eigenvalue weighted by atomic mass is 10.1. The fraction of sp³-hybridized carbons (Fsp3) is 0.0556. The minimum Gasteiger partial charge on any atom is -0.402 e. The zero-order valence-electron chi connectivity index (χ0n) is 13.6. The molecule has 1 atom stereocenters. The molecule has 4 rings (SSSR count). The highest BCUT2D eigenvalue weighted by Crippen LogP contribution is 2.40. The summed E-state index contributed by atoms with van der Waals surface area (Å²) >= 11 is 6.16. The smallest absolute Gasteiger partial charge is 0.402 e. The van der Waals surface area contributed by atoms with Gasteiger partial charge in [-0.3, -0.25) is 19.8 Å². The molecule has 0 radical (unpaired) electrons. The van der Waals surface area contributed by atoms with Gasteiger partial charge in [0.1, 0.15) is 10.7 Å². The van der Waals surface area contributed by atoms with Crippen molar-refractivity contribution in [2.24, 2.45) is 0 Å². The molecule has 2 aromatic carbocycles. The quantitative estimate of drug-likeness (QED) is 0.517. The Morgan fingerprint density at radius 2 is 1.96 bits per heavy atom. The number of anilines is 2. The summed E-state index contributed by atoms with van der Waals surface area (Å²) in [5.41, 5.74) is 1.17. The minimum atomic E-state index is -0.899. The van der Waals surface area contributed by atoms with Crippen LogP contribution in [0.25, 0.3) is 0 Å². The highest BCUT2D eigenvalue weighted by molar-refractivity contribution is 6.34. The first-order chi connectivity index (χ1) is 13.0. The van der Waals surface area contributed by atoms with Crippen molar-refractivity contribution >= 4 is 34.8 Å². The summed E-state index contributed by atoms with van der Waals surface area (Å²) in [6.07, 6.45) is -0.899. The zero-order valence-corrected chi connectivity index (χ0v) is 14.3. The van der Waals surface area contributed by atoms with Crippen molar-refractivity contribution in [2.45, 2.75) is 6.17 Å². The second kappa shape index (κ2) is 6.40. The summed E-state index contributed by atoms with van der Waals surface area (Å²) in [7, 11) is 0. The molecule has 1 unspecified atom stereocenters. The average Bonchev–Trinajstić information content (AvgIpc) is 3.13. The number of fused-ring (bicyclic) bond motifs is 1. The Labute approximate surface area is 157 Å². The molecule has 2 heterocycles. The Kier molecular flexibility index (Phi) is 4.04. The van der Waals surface area contributed by atoms with Gasteiger partial charge in [-0.15, -0.1) is 0 Å². The maximum atomic E-state index is 13.5. The van der Waals surface area contributed by atoms with Crippen molar-refractivity contribution < 1.29 is 18.5 Å². The van der Waals surface area contributed by atoms with Gasteiger partial charge in [0.15, 0.2) is 11.9 Å². The number of nitrogens with zero attached hydrogens (tertiary/aromatic N) is 2. The van der Waals surface area contributed by atoms with E-state index in [1.165, 1.54) is 29.2 Å². The van der Waals surface area contributed by atoms with Crippen LogP contribution >= 0.6 is 11.6 Å². The second-order valence-electron chi connectivity index (χ2n) is 5.80. The number of benzene rings is 2. The van der Waals surface area contributed by atoms with Gasteiger partial charge in [0.2, 0.25) is 0 Å². The number of hydrogen-bond donors (Lipinski definition) is 1. The molecule has 1 N–H and O–H groups in total. The van der Waals surface area contributed by atoms with Gasteiger partial charge in [0, 0.05) is 5.69 Å². The van der Waals surface area contributed by atoms with E-state index in [1.54, 1.807) is 24.3 Å². The SMILES string of the molecule is O=C1c2ccccc2NC(c2ccc([N+](=O)[O-])o2)N1c1ccc(F)cc1Cl. The van der Waals surface area contributed by atoms with Crippen LogP contribution in [0.2, 0.25) is 5.02 Å². The van der Waals surface area contributed by atoms with Crippen molar-refractivity contribution in [1.82, 2.24) is 0 Å². The second-order valence-corrected chi connectivity index (χ2v) is 6.20. The van der Waals surface area contributed by atoms with Crippen LogP contribution in [-0.2, 0) is 0 Å². The highest BCUT2D eigenvalue weighted by Gasteiger charge is 2.37. The maximum Gasteiger partial charge on any atom is 0.433 e. The van der Waals surface area contributed by atoms with E-state index in [4.69, 9.17) is 16.0 Å². The molecule has 0 aliphatic carbocycles. The van der Waals surface area contributed by atoms with Crippen molar-refractivity contribution in [3.05, 3.63) is 86.9 Å². The van der Waals surface area contributed by atoms with Gasteiger partial charge in [-0.25, -0.2) is 4.39 Å². The summed E-state index contributed by atoms with van der Waals surface area (Å²) in [4.78, 5) is 24.7. The number of carbonyl (C=O) groups excluding carboxylic acids is 1. The third-order valence-electron chi connectivity index (χ3n) is 4.16. The normalized spacial score (nSPS) is 16.0. The molecule has 0 fully saturated rings. The van der Waals surface area contributed by atoms with Gasteiger partial charge in [-0.2, -0.15) is 0 Å². The molecule has 7 nitrogen and oxygen atoms in total. The molecule has 1 aliphatic rings. The molecule has 0 bridgehead atoms. The van der Waals surface area contributed by atoms with Crippen LogP contribution in [0.1, 0.15) is 22.3 Å². The van der Waals surface area contributed by atoms with E-state index in [9.17, 15) is 19.3 Å². The Bertz CT molecular complexity index is 1070. The molecule has 1 aliphatic heterocycles. The van der Waals surface area contributed by atoms with Crippen LogP contribution in [0.3, 0.4) is 0 Å². The van der Waals surface area contributed by atoms with Gasteiger partial charge in [-0.05, 0) is 36.4 Å². The lowest BCUT2D eigenvalue weighted by molar-refractivity contribution is -0.402. The lowest BCUT2D eigenvalue weighted by Crippen LogP contribution is -2.43. The van der Waals surface area contributed by atoms with Crippen LogP contribution in [0.4, 0.5) is 21.6 Å². The third kappa shape index (κ3) is 2.89. The number of hydrogen-bond acceptors (Lipinski definition) is 5. The summed E-state index contributed by atoms with van der Waals surface area (Å²) in [6.45, 7) is 0. The number of rotatable bonds is 3. The van der Waals surface area contributed by atoms with Gasteiger partial charge in [0.25, 0.3) is 5.91 Å². The Morgan fingerprint density at radius 3 is 2.67 bits per heavy atom. The van der Waals surface area contributed by atoms with E-state index >= 15 is 0 Å². The first-order valence-electron chi connectivity index (χ1n) is 7.84. The number of amides is 1. The van der Waals surface area contributed by atoms with Crippen LogP contribution in [0.15, 0.2) is 59.0 Å². The molecule has 0 spiro atoms. The summed E-state index contributed by atoms with van der Waals surface area (Å²) in [6, 6.07) is 13.0. The predicted molar refractivity (Wildman–Crippen MR) is 96.4 cm³/mol. The fourth-order valence-electron chi connectivity index (χ4n) is 2.97. The molecule has 27 heavy (non-hydrogen) atoms. The number of para-hydroxylation sites is 1. The van der Waals surface area contributed by atoms with Crippen molar-refractivity contribution in [1.29, 1.82) is 0 Å². The zero-order chi connectivity index (χ0) is 19.1. The molecule has 0 saturated carbocycles. The van der Waals surface area contributed by atoms with E-state index in [2.05, 4.69) is 5.32 Å². The van der Waals surface area contributed by atoms with E-state index in [1.807, 2.05) is 0 Å². The fourth-order valence-corrected chi connectivity index (χ4v) is 3.22. The maximum absolute atomic E-state index is 13.5. The van der Waals surface area contributed by atoms with Crippen molar-refractivity contribution in [3.8, 4) is 0 Å². The number of carbonyl (C=O) groups is 1. The topological polar surface area (TPSA) is 88.6 Å². The molecule has 1 amide bonds. The van der Waals surface area contributed by atoms with Crippen molar-refractivity contribution in [2.75, 3.05) is 10.2 Å². The number of furan rings is 1. The third-order valence-corrected chi connectivity index (χ3v) is 4.46. The standard InChI is InChI=1S/C18H11ClFN3O4/c19-12-9-10(20)5-6-14(12)22-17(15-7-8-16(27-15)23(25)26)21-13-4-2-1-3-11(13)18(22)24/h1-9,17,21H. The Morgan fingerprint density at radius 1 is 1.19 bits per heavy atom.